The van der Waals surface area contributed by atoms with Gasteiger partial charge in [0.15, 0.2) is 5.17 Å². The molecule has 0 spiro atoms. The molecule has 3 rings (SSSR count). The molecule has 0 fully saturated rings. The highest BCUT2D eigenvalue weighted by Gasteiger charge is 2.32. The van der Waals surface area contributed by atoms with E-state index in [1.54, 1.807) is 12.2 Å². The normalized spacial score (nSPS) is 15.6. The maximum Gasteiger partial charge on any atom is 0.283 e. The maximum atomic E-state index is 13.5. The molecule has 1 heterocycles. The smallest absolute Gasteiger partial charge is 0.266 e. The summed E-state index contributed by atoms with van der Waals surface area (Å²) < 4.78 is 13.5. The van der Waals surface area contributed by atoms with Gasteiger partial charge in [0.25, 0.3) is 5.91 Å². The van der Waals surface area contributed by atoms with E-state index in [4.69, 9.17) is 11.6 Å². The van der Waals surface area contributed by atoms with Gasteiger partial charge in [0.1, 0.15) is 11.5 Å². The first kappa shape index (κ1) is 17.5. The van der Waals surface area contributed by atoms with Crippen LogP contribution in [0.2, 0.25) is 5.02 Å². The third kappa shape index (κ3) is 3.83. The van der Waals surface area contributed by atoms with E-state index in [9.17, 15) is 9.18 Å². The van der Waals surface area contributed by atoms with E-state index >= 15 is 0 Å². The Kier molecular flexibility index (Phi) is 5.36. The first-order valence-electron chi connectivity index (χ1n) is 7.49. The van der Waals surface area contributed by atoms with Gasteiger partial charge < -0.3 is 0 Å². The fourth-order valence-corrected chi connectivity index (χ4v) is 3.21. The number of thioether (sulfide) groups is 1. The van der Waals surface area contributed by atoms with Gasteiger partial charge in [0, 0.05) is 5.75 Å². The van der Waals surface area contributed by atoms with E-state index in [1.807, 2.05) is 30.3 Å². The molecule has 0 unspecified atom stereocenters. The summed E-state index contributed by atoms with van der Waals surface area (Å²) in [6, 6.07) is 13.6. The standard InChI is InChI=1S/C19H14ClFN2OS/c1-2-10-25-19-22-17(11-13-6-4-3-5-7-13)18(24)23(19)14-8-9-16(21)15(20)12-14/h2-9,11-12H,1,10H2/b17-11+. The minimum absolute atomic E-state index is 0.0427. The average molecular weight is 373 g/mol. The van der Waals surface area contributed by atoms with E-state index in [0.29, 0.717) is 22.3 Å². The van der Waals surface area contributed by atoms with E-state index < -0.39 is 5.82 Å². The number of hydrogen-bond acceptors (Lipinski definition) is 3. The van der Waals surface area contributed by atoms with E-state index in [0.717, 1.165) is 5.56 Å². The zero-order chi connectivity index (χ0) is 17.8. The van der Waals surface area contributed by atoms with Crippen molar-refractivity contribution >= 4 is 46.2 Å². The first-order valence-corrected chi connectivity index (χ1v) is 8.85. The van der Waals surface area contributed by atoms with Crippen LogP contribution < -0.4 is 4.90 Å². The van der Waals surface area contributed by atoms with Crippen LogP contribution in [0.5, 0.6) is 0 Å². The third-order valence-corrected chi connectivity index (χ3v) is 4.65. The van der Waals surface area contributed by atoms with Crippen LogP contribution in [0, 0.1) is 5.82 Å². The number of carbonyl (C=O) groups is 1. The summed E-state index contributed by atoms with van der Waals surface area (Å²) in [7, 11) is 0. The van der Waals surface area contributed by atoms with Crippen LogP contribution in [-0.2, 0) is 4.79 Å². The molecule has 1 aliphatic heterocycles. The Hall–Kier alpha value is -2.37. The predicted octanol–water partition coefficient (Wildman–Crippen LogP) is 5.14. The molecular formula is C19H14ClFN2OS. The number of amides is 1. The van der Waals surface area contributed by atoms with Gasteiger partial charge in [-0.2, -0.15) is 0 Å². The second-order valence-electron chi connectivity index (χ2n) is 5.17. The molecule has 25 heavy (non-hydrogen) atoms. The molecule has 0 saturated carbocycles. The quantitative estimate of drug-likeness (QED) is 0.549. The number of nitrogens with zero attached hydrogens (tertiary/aromatic N) is 2. The number of carbonyl (C=O) groups excluding carboxylic acids is 1. The van der Waals surface area contributed by atoms with Crippen molar-refractivity contribution < 1.29 is 9.18 Å². The van der Waals surface area contributed by atoms with Crippen LogP contribution >= 0.6 is 23.4 Å². The summed E-state index contributed by atoms with van der Waals surface area (Å²) in [5, 5.41) is 0.466. The molecule has 6 heteroatoms. The Morgan fingerprint density at radius 1 is 1.24 bits per heavy atom. The highest BCUT2D eigenvalue weighted by Crippen LogP contribution is 2.31. The van der Waals surface area contributed by atoms with E-state index in [1.165, 1.54) is 34.9 Å². The minimum atomic E-state index is -0.533. The molecular weight excluding hydrogens is 359 g/mol. The second-order valence-corrected chi connectivity index (χ2v) is 6.57. The van der Waals surface area contributed by atoms with Gasteiger partial charge in [-0.1, -0.05) is 59.8 Å². The fraction of sp³-hybridized carbons (Fsp3) is 0.0526. The SMILES string of the molecule is C=CCSC1=N/C(=C/c2ccccc2)C(=O)N1c1ccc(F)c(Cl)c1. The van der Waals surface area contributed by atoms with Crippen molar-refractivity contribution in [1.82, 2.24) is 0 Å². The van der Waals surface area contributed by atoms with Crippen molar-refractivity contribution in [3.63, 3.8) is 0 Å². The summed E-state index contributed by atoms with van der Waals surface area (Å²) in [5.41, 5.74) is 1.67. The Morgan fingerprint density at radius 3 is 2.68 bits per heavy atom. The van der Waals surface area contributed by atoms with Crippen molar-refractivity contribution in [2.75, 3.05) is 10.7 Å². The first-order chi connectivity index (χ1) is 12.1. The molecule has 0 aromatic heterocycles. The summed E-state index contributed by atoms with van der Waals surface area (Å²) in [6.07, 6.45) is 3.45. The molecule has 2 aromatic carbocycles. The van der Waals surface area contributed by atoms with Gasteiger partial charge in [0.2, 0.25) is 0 Å². The molecule has 0 radical (unpaired) electrons. The lowest BCUT2D eigenvalue weighted by molar-refractivity contribution is -0.113. The summed E-state index contributed by atoms with van der Waals surface area (Å²) in [4.78, 5) is 18.7. The summed E-state index contributed by atoms with van der Waals surface area (Å²) in [5.74, 6) is -0.219. The fourth-order valence-electron chi connectivity index (χ4n) is 2.29. The number of hydrogen-bond donors (Lipinski definition) is 0. The number of benzene rings is 2. The molecule has 0 bridgehead atoms. The van der Waals surface area contributed by atoms with Crippen molar-refractivity contribution in [2.24, 2.45) is 4.99 Å². The van der Waals surface area contributed by atoms with Gasteiger partial charge in [-0.25, -0.2) is 9.38 Å². The number of rotatable bonds is 4. The van der Waals surface area contributed by atoms with E-state index in [2.05, 4.69) is 11.6 Å². The zero-order valence-corrected chi connectivity index (χ0v) is 14.7. The highest BCUT2D eigenvalue weighted by atomic mass is 35.5. The van der Waals surface area contributed by atoms with Crippen LogP contribution in [0.4, 0.5) is 10.1 Å². The van der Waals surface area contributed by atoms with Crippen molar-refractivity contribution in [3.05, 3.63) is 83.3 Å². The largest absolute Gasteiger partial charge is 0.283 e. The Balaban J connectivity index is 2.00. The minimum Gasteiger partial charge on any atom is -0.266 e. The van der Waals surface area contributed by atoms with Crippen molar-refractivity contribution in [2.45, 2.75) is 0 Å². The van der Waals surface area contributed by atoms with Crippen molar-refractivity contribution in [1.29, 1.82) is 0 Å². The number of aliphatic imine (C=N–C) groups is 1. The maximum absolute atomic E-state index is 13.5. The van der Waals surface area contributed by atoms with Gasteiger partial charge in [-0.05, 0) is 29.8 Å². The van der Waals surface area contributed by atoms with Gasteiger partial charge in [-0.15, -0.1) is 6.58 Å². The van der Waals surface area contributed by atoms with Crippen LogP contribution in [0.1, 0.15) is 5.56 Å². The molecule has 1 amide bonds. The zero-order valence-electron chi connectivity index (χ0n) is 13.2. The monoisotopic (exact) mass is 372 g/mol. The Labute approximate surface area is 154 Å². The molecule has 0 atom stereocenters. The summed E-state index contributed by atoms with van der Waals surface area (Å²) in [6.45, 7) is 3.69. The predicted molar refractivity (Wildman–Crippen MR) is 103 cm³/mol. The lowest BCUT2D eigenvalue weighted by Crippen LogP contribution is -2.30. The molecule has 2 aromatic rings. The Morgan fingerprint density at radius 2 is 2.00 bits per heavy atom. The molecule has 0 saturated heterocycles. The number of anilines is 1. The Bertz CT molecular complexity index is 880. The number of amidine groups is 1. The molecule has 126 valence electrons. The van der Waals surface area contributed by atoms with Gasteiger partial charge in [0.05, 0.1) is 10.7 Å². The highest BCUT2D eigenvalue weighted by molar-refractivity contribution is 8.14. The average Bonchev–Trinajstić information content (AvgIpc) is 2.92. The van der Waals surface area contributed by atoms with E-state index in [-0.39, 0.29) is 10.9 Å². The molecule has 1 aliphatic rings. The lowest BCUT2D eigenvalue weighted by Gasteiger charge is -2.17. The topological polar surface area (TPSA) is 32.7 Å². The van der Waals surface area contributed by atoms with Crippen molar-refractivity contribution in [3.8, 4) is 0 Å². The van der Waals surface area contributed by atoms with Crippen LogP contribution in [0.15, 0.2) is 71.9 Å². The molecule has 0 aliphatic carbocycles. The van der Waals surface area contributed by atoms with Crippen LogP contribution in [0.3, 0.4) is 0 Å². The van der Waals surface area contributed by atoms with Crippen LogP contribution in [-0.4, -0.2) is 16.8 Å². The third-order valence-electron chi connectivity index (χ3n) is 3.42. The molecule has 0 N–H and O–H groups in total. The summed E-state index contributed by atoms with van der Waals surface area (Å²) >= 11 is 7.24. The van der Waals surface area contributed by atoms with Gasteiger partial charge >= 0.3 is 0 Å². The van der Waals surface area contributed by atoms with Crippen LogP contribution in [0.25, 0.3) is 6.08 Å². The second kappa shape index (κ2) is 7.68. The molecule has 3 nitrogen and oxygen atoms in total. The lowest BCUT2D eigenvalue weighted by atomic mass is 10.2. The van der Waals surface area contributed by atoms with Gasteiger partial charge in [-0.3, -0.25) is 9.69 Å². The number of halogens is 2.